The first-order valence-corrected chi connectivity index (χ1v) is 7.66. The van der Waals surface area contributed by atoms with Gasteiger partial charge in [-0.1, -0.05) is 15.9 Å². The first-order valence-electron chi connectivity index (χ1n) is 6.87. The smallest absolute Gasteiger partial charge is 0.249 e. The number of benzene rings is 1. The summed E-state index contributed by atoms with van der Waals surface area (Å²) >= 11 is 3.39. The molecule has 6 heteroatoms. The zero-order valence-electron chi connectivity index (χ0n) is 11.7. The lowest BCUT2D eigenvalue weighted by Gasteiger charge is -2.17. The fraction of sp³-hybridized carbons (Fsp3) is 0.188. The third kappa shape index (κ3) is 2.95. The number of halogens is 1. The molecule has 1 aliphatic rings. The molecular formula is C16H13BrN4O. The van der Waals surface area contributed by atoms with Gasteiger partial charge in [-0.25, -0.2) is 4.98 Å². The normalized spacial score (nSPS) is 17.4. The summed E-state index contributed by atoms with van der Waals surface area (Å²) in [5, 5.41) is 12.0. The van der Waals surface area contributed by atoms with Crippen LogP contribution in [0.4, 0.5) is 11.5 Å². The highest BCUT2D eigenvalue weighted by molar-refractivity contribution is 9.10. The number of nitriles is 1. The van der Waals surface area contributed by atoms with Crippen molar-refractivity contribution in [1.82, 2.24) is 4.98 Å². The number of nitrogens with zero attached hydrogens (tertiary/aromatic N) is 3. The van der Waals surface area contributed by atoms with Crippen molar-refractivity contribution < 1.29 is 4.79 Å². The number of nitrogens with one attached hydrogen (secondary N) is 1. The van der Waals surface area contributed by atoms with Crippen LogP contribution in [-0.4, -0.2) is 23.5 Å². The van der Waals surface area contributed by atoms with E-state index >= 15 is 0 Å². The van der Waals surface area contributed by atoms with Gasteiger partial charge in [0.05, 0.1) is 11.6 Å². The van der Waals surface area contributed by atoms with Crippen molar-refractivity contribution in [3.05, 3.63) is 52.6 Å². The number of carbonyl (C=O) groups excluding carboxylic acids is 1. The third-order valence-corrected chi connectivity index (χ3v) is 4.08. The van der Waals surface area contributed by atoms with Gasteiger partial charge >= 0.3 is 0 Å². The van der Waals surface area contributed by atoms with E-state index in [4.69, 9.17) is 5.26 Å². The van der Waals surface area contributed by atoms with Crippen molar-refractivity contribution in [1.29, 1.82) is 5.26 Å². The fourth-order valence-electron chi connectivity index (χ4n) is 2.45. The predicted octanol–water partition coefficient (Wildman–Crippen LogP) is 2.93. The summed E-state index contributed by atoms with van der Waals surface area (Å²) < 4.78 is 0.982. The lowest BCUT2D eigenvalue weighted by atomic mass is 10.2. The fourth-order valence-corrected chi connectivity index (χ4v) is 2.71. The zero-order valence-corrected chi connectivity index (χ0v) is 13.2. The van der Waals surface area contributed by atoms with E-state index in [0.717, 1.165) is 10.2 Å². The quantitative estimate of drug-likeness (QED) is 0.917. The van der Waals surface area contributed by atoms with E-state index in [-0.39, 0.29) is 11.9 Å². The average Bonchev–Trinajstić information content (AvgIpc) is 2.89. The summed E-state index contributed by atoms with van der Waals surface area (Å²) in [5.41, 5.74) is 1.41. The number of hydrogen-bond acceptors (Lipinski definition) is 4. The molecule has 22 heavy (non-hydrogen) atoms. The molecule has 1 aromatic heterocycles. The average molecular weight is 357 g/mol. The van der Waals surface area contributed by atoms with Crippen LogP contribution in [0.3, 0.4) is 0 Å². The van der Waals surface area contributed by atoms with Crippen LogP contribution in [0.1, 0.15) is 12.0 Å². The lowest BCUT2D eigenvalue weighted by Crippen LogP contribution is -2.33. The molecule has 1 amide bonds. The summed E-state index contributed by atoms with van der Waals surface area (Å²) in [6.07, 6.45) is 2.26. The zero-order chi connectivity index (χ0) is 15.5. The van der Waals surface area contributed by atoms with E-state index in [1.165, 1.54) is 0 Å². The summed E-state index contributed by atoms with van der Waals surface area (Å²) in [5.74, 6) is 0.571. The van der Waals surface area contributed by atoms with Gasteiger partial charge in [0.2, 0.25) is 5.91 Å². The van der Waals surface area contributed by atoms with Crippen LogP contribution in [0.2, 0.25) is 0 Å². The van der Waals surface area contributed by atoms with Crippen molar-refractivity contribution in [2.45, 2.75) is 12.5 Å². The molecule has 1 unspecified atom stereocenters. The minimum atomic E-state index is -0.315. The Morgan fingerprint density at radius 2 is 2.09 bits per heavy atom. The molecule has 2 heterocycles. The van der Waals surface area contributed by atoms with Gasteiger partial charge in [0.15, 0.2) is 0 Å². The standard InChI is InChI=1S/C16H13BrN4O/c17-12-1-3-13(4-2-12)21-8-6-14(16(21)22)20-15-9-11(10-18)5-7-19-15/h1-5,7,9,14H,6,8H2,(H,19,20). The number of aromatic nitrogens is 1. The van der Waals surface area contributed by atoms with Gasteiger partial charge < -0.3 is 10.2 Å². The highest BCUT2D eigenvalue weighted by Crippen LogP contribution is 2.25. The Morgan fingerprint density at radius 3 is 2.82 bits per heavy atom. The van der Waals surface area contributed by atoms with Crippen LogP contribution in [0, 0.1) is 11.3 Å². The minimum absolute atomic E-state index is 0.0199. The molecule has 1 aromatic carbocycles. The SMILES string of the molecule is N#Cc1ccnc(NC2CCN(c3ccc(Br)cc3)C2=O)c1. The number of carbonyl (C=O) groups is 1. The monoisotopic (exact) mass is 356 g/mol. The topological polar surface area (TPSA) is 69.0 Å². The third-order valence-electron chi connectivity index (χ3n) is 3.55. The molecule has 0 bridgehead atoms. The minimum Gasteiger partial charge on any atom is -0.358 e. The van der Waals surface area contributed by atoms with E-state index in [0.29, 0.717) is 24.3 Å². The van der Waals surface area contributed by atoms with Crippen molar-refractivity contribution in [3.63, 3.8) is 0 Å². The summed E-state index contributed by atoms with van der Waals surface area (Å²) in [4.78, 5) is 18.4. The van der Waals surface area contributed by atoms with E-state index in [1.807, 2.05) is 24.3 Å². The second kappa shape index (κ2) is 6.16. The first kappa shape index (κ1) is 14.5. The maximum absolute atomic E-state index is 12.5. The molecule has 0 aliphatic carbocycles. The van der Waals surface area contributed by atoms with E-state index < -0.39 is 0 Å². The number of rotatable bonds is 3. The van der Waals surface area contributed by atoms with Crippen LogP contribution in [0.15, 0.2) is 47.1 Å². The Labute approximate surface area is 136 Å². The van der Waals surface area contributed by atoms with Crippen molar-refractivity contribution in [2.24, 2.45) is 0 Å². The number of pyridine rings is 1. The second-order valence-corrected chi connectivity index (χ2v) is 5.91. The summed E-state index contributed by atoms with van der Waals surface area (Å²) in [6, 6.07) is 12.7. The first-order chi connectivity index (χ1) is 10.7. The van der Waals surface area contributed by atoms with Gasteiger partial charge in [0.1, 0.15) is 11.9 Å². The Balaban J connectivity index is 1.73. The highest BCUT2D eigenvalue weighted by atomic mass is 79.9. The molecule has 2 aromatic rings. The molecule has 1 fully saturated rings. The van der Waals surface area contributed by atoms with Gasteiger partial charge in [0, 0.05) is 22.9 Å². The van der Waals surface area contributed by atoms with Crippen molar-refractivity contribution in [2.75, 3.05) is 16.8 Å². The molecule has 1 N–H and O–H groups in total. The van der Waals surface area contributed by atoms with Gasteiger partial charge in [-0.15, -0.1) is 0 Å². The van der Waals surface area contributed by atoms with E-state index in [1.54, 1.807) is 23.2 Å². The molecule has 1 aliphatic heterocycles. The number of amides is 1. The van der Waals surface area contributed by atoms with Gasteiger partial charge in [0.25, 0.3) is 0 Å². The van der Waals surface area contributed by atoms with Gasteiger partial charge in [-0.05, 0) is 42.8 Å². The van der Waals surface area contributed by atoms with Crippen LogP contribution < -0.4 is 10.2 Å². The molecule has 3 rings (SSSR count). The Hall–Kier alpha value is -2.39. The highest BCUT2D eigenvalue weighted by Gasteiger charge is 2.32. The number of anilines is 2. The van der Waals surface area contributed by atoms with Crippen molar-refractivity contribution in [3.8, 4) is 6.07 Å². The van der Waals surface area contributed by atoms with Crippen molar-refractivity contribution >= 4 is 33.3 Å². The maximum Gasteiger partial charge on any atom is 0.249 e. The maximum atomic E-state index is 12.5. The molecule has 0 spiro atoms. The Kier molecular flexibility index (Phi) is 4.07. The van der Waals surface area contributed by atoms with Gasteiger partial charge in [-0.3, -0.25) is 4.79 Å². The van der Waals surface area contributed by atoms with Crippen LogP contribution >= 0.6 is 15.9 Å². The largest absolute Gasteiger partial charge is 0.358 e. The van der Waals surface area contributed by atoms with E-state index in [9.17, 15) is 4.79 Å². The predicted molar refractivity (Wildman–Crippen MR) is 87.5 cm³/mol. The van der Waals surface area contributed by atoms with Crippen LogP contribution in [-0.2, 0) is 4.79 Å². The molecule has 1 saturated heterocycles. The van der Waals surface area contributed by atoms with E-state index in [2.05, 4.69) is 32.3 Å². The molecule has 110 valence electrons. The molecule has 1 atom stereocenters. The Bertz CT molecular complexity index is 739. The molecular weight excluding hydrogens is 344 g/mol. The van der Waals surface area contributed by atoms with Crippen LogP contribution in [0.5, 0.6) is 0 Å². The Morgan fingerprint density at radius 1 is 1.32 bits per heavy atom. The molecule has 0 radical (unpaired) electrons. The second-order valence-electron chi connectivity index (χ2n) is 4.99. The number of hydrogen-bond donors (Lipinski definition) is 1. The molecule has 0 saturated carbocycles. The van der Waals surface area contributed by atoms with Gasteiger partial charge in [-0.2, -0.15) is 5.26 Å². The molecule has 5 nitrogen and oxygen atoms in total. The summed E-state index contributed by atoms with van der Waals surface area (Å²) in [6.45, 7) is 0.663. The lowest BCUT2D eigenvalue weighted by molar-refractivity contribution is -0.117. The summed E-state index contributed by atoms with van der Waals surface area (Å²) in [7, 11) is 0. The van der Waals surface area contributed by atoms with Crippen LogP contribution in [0.25, 0.3) is 0 Å².